The molecule has 0 spiro atoms. The number of aryl methyl sites for hydroxylation is 1. The molecule has 2 aliphatic rings. The molecule has 2 aliphatic heterocycles. The molecule has 9 aromatic rings. The molecule has 0 unspecified atom stereocenters. The Kier molecular flexibility index (Phi) is 18.2. The van der Waals surface area contributed by atoms with E-state index in [9.17, 15) is 25.3 Å². The van der Waals surface area contributed by atoms with E-state index in [-0.39, 0.29) is 59.2 Å². The fraction of sp³-hybridized carbons (Fsp3) is 0.196. The molecule has 8 bridgehead atoms. The summed E-state index contributed by atoms with van der Waals surface area (Å²) in [4.78, 5) is 51.4. The zero-order chi connectivity index (χ0) is 54.2. The van der Waals surface area contributed by atoms with Crippen LogP contribution >= 0.6 is 0 Å². The van der Waals surface area contributed by atoms with Crippen molar-refractivity contribution in [1.82, 2.24) is 59.5 Å². The molecule has 1 radical (unpaired) electrons. The first kappa shape index (κ1) is 57.0. The van der Waals surface area contributed by atoms with Crippen molar-refractivity contribution in [2.24, 2.45) is 0 Å². The van der Waals surface area contributed by atoms with Crippen LogP contribution in [0.3, 0.4) is 0 Å². The van der Waals surface area contributed by atoms with E-state index in [1.807, 2.05) is 125 Å². The SMILES string of the molecule is CC.CC.CS(=O)(=O)NCCCc1nc(NCCS(=O)(=O)O)nc(Nc2ccc(S(=O)(=O)O)cc2)n1.[Cu+2].c1ccc2c(c1)-c1nc-2nc2[n-]c(nc3nc(nc4[n-]c(n1)c1ccccc41)-c1ccccc1-3)c1ccccc21. The summed E-state index contributed by atoms with van der Waals surface area (Å²) in [6.07, 6.45) is 1.65. The molecule has 0 amide bonds. The van der Waals surface area contributed by atoms with Crippen LogP contribution in [0.2, 0.25) is 0 Å². The van der Waals surface area contributed by atoms with E-state index in [2.05, 4.69) is 30.3 Å². The summed E-state index contributed by atoms with van der Waals surface area (Å²) in [6.45, 7) is 7.97. The third-order valence-corrected chi connectivity index (χ3v) is 13.3. The Morgan fingerprint density at radius 3 is 1.25 bits per heavy atom. The molecule has 5 aromatic carbocycles. The molecule has 6 heterocycles. The minimum Gasteiger partial charge on any atom is -0.357 e. The molecule has 22 nitrogen and oxygen atoms in total. The van der Waals surface area contributed by atoms with Gasteiger partial charge in [0.25, 0.3) is 20.2 Å². The van der Waals surface area contributed by atoms with Crippen LogP contribution in [0.4, 0.5) is 17.6 Å². The molecule has 4 aromatic heterocycles. The average molecular weight is 1150 g/mol. The molecule has 77 heavy (non-hydrogen) atoms. The number of benzene rings is 5. The number of nitrogens with one attached hydrogen (secondary N) is 3. The second kappa shape index (κ2) is 24.5. The maximum absolute atomic E-state index is 11.1. The van der Waals surface area contributed by atoms with Crippen molar-refractivity contribution >= 4 is 92.0 Å². The fourth-order valence-electron chi connectivity index (χ4n) is 7.76. The summed E-state index contributed by atoms with van der Waals surface area (Å²) in [5.74, 6) is 1.94. The third-order valence-electron chi connectivity index (χ3n) is 11.0. The van der Waals surface area contributed by atoms with Crippen molar-refractivity contribution in [2.45, 2.75) is 45.4 Å². The second-order valence-corrected chi connectivity index (χ2v) is 21.0. The summed E-state index contributed by atoms with van der Waals surface area (Å²) < 4.78 is 86.6. The first-order chi connectivity index (χ1) is 36.5. The van der Waals surface area contributed by atoms with Crippen LogP contribution in [-0.4, -0.2) is 104 Å². The molecule has 26 heteroatoms. The predicted octanol–water partition coefficient (Wildman–Crippen LogP) is 7.82. The third kappa shape index (κ3) is 13.8. The van der Waals surface area contributed by atoms with Gasteiger partial charge in [-0.25, -0.2) is 23.1 Å². The number of rotatable bonds is 12. The van der Waals surface area contributed by atoms with Gasteiger partial charge in [-0.1, -0.05) is 125 Å². The zero-order valence-electron chi connectivity index (χ0n) is 41.9. The molecule has 11 rings (SSSR count). The van der Waals surface area contributed by atoms with Crippen LogP contribution in [0.25, 0.3) is 89.7 Å². The number of anilines is 3. The molecule has 0 atom stereocenters. The van der Waals surface area contributed by atoms with Gasteiger partial charge in [-0.15, -0.1) is 0 Å². The van der Waals surface area contributed by atoms with Gasteiger partial charge in [0.15, 0.2) is 0 Å². The summed E-state index contributed by atoms with van der Waals surface area (Å²) in [5, 5.41) is 9.05. The van der Waals surface area contributed by atoms with Crippen molar-refractivity contribution in [3.05, 3.63) is 127 Å². The Bertz CT molecular complexity index is 3810. The van der Waals surface area contributed by atoms with Gasteiger partial charge in [0.05, 0.1) is 40.2 Å². The van der Waals surface area contributed by atoms with E-state index in [1.165, 1.54) is 24.3 Å². The molecule has 0 aliphatic carbocycles. The molecule has 0 fully saturated rings. The van der Waals surface area contributed by atoms with Gasteiger partial charge < -0.3 is 40.5 Å². The largest absolute Gasteiger partial charge is 2.00 e. The second-order valence-electron chi connectivity index (χ2n) is 16.2. The van der Waals surface area contributed by atoms with Crippen LogP contribution in [0.5, 0.6) is 0 Å². The summed E-state index contributed by atoms with van der Waals surface area (Å²) >= 11 is 0. The quantitative estimate of drug-likeness (QED) is 0.0442. The Labute approximate surface area is 454 Å². The van der Waals surface area contributed by atoms with Crippen LogP contribution in [0, 0.1) is 0 Å². The van der Waals surface area contributed by atoms with Gasteiger partial charge in [0.1, 0.15) is 5.82 Å². The van der Waals surface area contributed by atoms with Gasteiger partial charge in [0, 0.05) is 70.0 Å². The van der Waals surface area contributed by atoms with E-state index in [0.717, 1.165) is 50.1 Å². The zero-order valence-corrected chi connectivity index (χ0v) is 45.3. The smallest absolute Gasteiger partial charge is 0.357 e. The molecular formula is C51H50CuN14O8S3. The normalized spacial score (nSPS) is 11.6. The topological polar surface area (TPSA) is 323 Å². The van der Waals surface area contributed by atoms with Crippen molar-refractivity contribution in [1.29, 1.82) is 0 Å². The molecule has 5 N–H and O–H groups in total. The van der Waals surface area contributed by atoms with E-state index in [0.29, 0.717) is 58.0 Å². The maximum Gasteiger partial charge on any atom is 2.00 e. The van der Waals surface area contributed by atoms with Crippen molar-refractivity contribution in [3.8, 4) is 45.6 Å². The molecule has 401 valence electrons. The van der Waals surface area contributed by atoms with Crippen LogP contribution < -0.4 is 25.3 Å². The molecular weight excluding hydrogens is 1100 g/mol. The number of sulfonamides is 1. The Balaban J connectivity index is 0.000000213. The number of hydrogen-bond acceptors (Lipinski definition) is 17. The molecule has 0 saturated heterocycles. The number of aromatic nitrogens is 11. The number of hydrogen-bond donors (Lipinski definition) is 5. The van der Waals surface area contributed by atoms with Crippen LogP contribution in [0.15, 0.2) is 126 Å². The summed E-state index contributed by atoms with van der Waals surface area (Å²) in [5.41, 5.74) is 6.17. The average Bonchev–Trinajstić information content (AvgIpc) is 4.14. The van der Waals surface area contributed by atoms with Crippen molar-refractivity contribution in [2.75, 3.05) is 35.7 Å². The van der Waals surface area contributed by atoms with E-state index < -0.39 is 36.0 Å². The number of nitrogens with zero attached hydrogens (tertiary/aromatic N) is 11. The minimum atomic E-state index is -4.35. The predicted molar refractivity (Wildman–Crippen MR) is 292 cm³/mol. The van der Waals surface area contributed by atoms with Gasteiger partial charge in [-0.2, -0.15) is 31.8 Å². The van der Waals surface area contributed by atoms with Gasteiger partial charge in [-0.3, -0.25) is 9.11 Å². The van der Waals surface area contributed by atoms with E-state index in [1.54, 1.807) is 0 Å². The van der Waals surface area contributed by atoms with E-state index >= 15 is 0 Å². The van der Waals surface area contributed by atoms with Gasteiger partial charge >= 0.3 is 17.1 Å². The van der Waals surface area contributed by atoms with Crippen molar-refractivity contribution < 1.29 is 51.4 Å². The van der Waals surface area contributed by atoms with Crippen LogP contribution in [-0.2, 0) is 53.7 Å². The first-order valence-electron chi connectivity index (χ1n) is 23.8. The summed E-state index contributed by atoms with van der Waals surface area (Å²) in [7, 11) is -11.9. The fourth-order valence-corrected chi connectivity index (χ4v) is 9.12. The van der Waals surface area contributed by atoms with E-state index in [4.69, 9.17) is 49.0 Å². The van der Waals surface area contributed by atoms with Crippen LogP contribution in [0.1, 0.15) is 39.9 Å². The standard InChI is InChI=1S/C32H16N8.C15H22N6O8S3.2C2H6.Cu/c1-2-10-18-17(9-1)25-33-26(18)38-28-21-13-5-6-14-22(21)30(35-28)40-32-24-16-8-7-15-23(24)31(36-32)39-29-20-12-4-3-11-19(20)27(34-29)37-25;1-30(22,23)17-8-2-3-13-19-14(16-9-10-31(24,25)26)21-15(20-13)18-11-4-6-12(7-5-11)32(27,28)29;2*1-2;/h1-16H;4-7,17H,2-3,8-10H2,1H3,(H,24,25,26)(H,27,28,29)(H2,16,18,19,20,21);2*1-2H3;/q-2;;;;+2. The Morgan fingerprint density at radius 2 is 0.870 bits per heavy atom. The van der Waals surface area contributed by atoms with Crippen molar-refractivity contribution in [3.63, 3.8) is 0 Å². The monoisotopic (exact) mass is 1150 g/mol. The Hall–Kier alpha value is -7.68. The Morgan fingerprint density at radius 1 is 0.481 bits per heavy atom. The van der Waals surface area contributed by atoms with Gasteiger partial charge in [-0.05, 0) is 52.2 Å². The van der Waals surface area contributed by atoms with Gasteiger partial charge in [0.2, 0.25) is 21.9 Å². The minimum absolute atomic E-state index is 0. The number of fused-ring (bicyclic) bond motifs is 20. The summed E-state index contributed by atoms with van der Waals surface area (Å²) in [6, 6.07) is 36.9. The first-order valence-corrected chi connectivity index (χ1v) is 28.8. The maximum atomic E-state index is 11.1. The molecule has 0 saturated carbocycles.